The fourth-order valence-electron chi connectivity index (χ4n) is 2.17. The van der Waals surface area contributed by atoms with E-state index >= 15 is 0 Å². The van der Waals surface area contributed by atoms with Crippen molar-refractivity contribution >= 4 is 23.5 Å². The number of carbonyl (C=O) groups excluding carboxylic acids is 3. The minimum absolute atomic E-state index is 0.125. The van der Waals surface area contributed by atoms with Crippen molar-refractivity contribution in [2.24, 2.45) is 0 Å². The van der Waals surface area contributed by atoms with Gasteiger partial charge in [-0.05, 0) is 23.8 Å². The molecule has 6 nitrogen and oxygen atoms in total. The Hall–Kier alpha value is -3.22. The third-order valence-electron chi connectivity index (χ3n) is 3.39. The first kappa shape index (κ1) is 18.1. The van der Waals surface area contributed by atoms with E-state index in [1.54, 1.807) is 30.3 Å². The Bertz CT molecular complexity index is 765. The van der Waals surface area contributed by atoms with Gasteiger partial charge in [-0.15, -0.1) is 0 Å². The Morgan fingerprint density at radius 2 is 1.76 bits per heavy atom. The highest BCUT2D eigenvalue weighted by Gasteiger charge is 2.22. The third kappa shape index (κ3) is 5.42. The molecule has 25 heavy (non-hydrogen) atoms. The highest BCUT2D eigenvalue weighted by atomic mass is 19.1. The molecule has 0 fully saturated rings. The molecule has 0 saturated heterocycles. The van der Waals surface area contributed by atoms with Gasteiger partial charge in [-0.1, -0.05) is 36.4 Å². The first-order valence-corrected chi connectivity index (χ1v) is 7.48. The van der Waals surface area contributed by atoms with Gasteiger partial charge in [-0.3, -0.25) is 14.4 Å². The van der Waals surface area contributed by atoms with Crippen molar-refractivity contribution in [2.45, 2.75) is 12.5 Å². The molecule has 7 heteroatoms. The molecule has 2 amide bonds. The third-order valence-corrected chi connectivity index (χ3v) is 3.39. The smallest absolute Gasteiger partial charge is 0.313 e. The lowest BCUT2D eigenvalue weighted by Crippen LogP contribution is -2.38. The Balaban J connectivity index is 2.07. The SMILES string of the molecule is COC(=O)C[C@H](NC(=O)C(=O)Nc1cccc(F)c1)c1ccccc1. The summed E-state index contributed by atoms with van der Waals surface area (Å²) < 4.78 is 17.7. The van der Waals surface area contributed by atoms with Crippen LogP contribution in [0.1, 0.15) is 18.0 Å². The summed E-state index contributed by atoms with van der Waals surface area (Å²) >= 11 is 0. The van der Waals surface area contributed by atoms with Crippen LogP contribution in [-0.2, 0) is 19.1 Å². The average molecular weight is 344 g/mol. The molecule has 0 aliphatic carbocycles. The number of benzene rings is 2. The van der Waals surface area contributed by atoms with E-state index in [0.29, 0.717) is 5.56 Å². The van der Waals surface area contributed by atoms with Crippen LogP contribution in [0.4, 0.5) is 10.1 Å². The molecular formula is C18H17FN2O4. The van der Waals surface area contributed by atoms with E-state index in [2.05, 4.69) is 15.4 Å². The first-order valence-electron chi connectivity index (χ1n) is 7.48. The molecule has 1 atom stereocenters. The quantitative estimate of drug-likeness (QED) is 0.643. The van der Waals surface area contributed by atoms with Crippen LogP contribution >= 0.6 is 0 Å². The van der Waals surface area contributed by atoms with Gasteiger partial charge < -0.3 is 15.4 Å². The zero-order chi connectivity index (χ0) is 18.2. The maximum absolute atomic E-state index is 13.1. The van der Waals surface area contributed by atoms with E-state index in [-0.39, 0.29) is 12.1 Å². The predicted molar refractivity (Wildman–Crippen MR) is 89.0 cm³/mol. The van der Waals surface area contributed by atoms with Crippen molar-refractivity contribution in [1.29, 1.82) is 0 Å². The second-order valence-electron chi connectivity index (χ2n) is 5.18. The highest BCUT2D eigenvalue weighted by Crippen LogP contribution is 2.17. The molecule has 0 aromatic heterocycles. The van der Waals surface area contributed by atoms with Crippen molar-refractivity contribution in [3.05, 3.63) is 66.0 Å². The van der Waals surface area contributed by atoms with Gasteiger partial charge in [0.25, 0.3) is 0 Å². The van der Waals surface area contributed by atoms with Crippen molar-refractivity contribution in [3.63, 3.8) is 0 Å². The number of nitrogens with one attached hydrogen (secondary N) is 2. The van der Waals surface area contributed by atoms with Gasteiger partial charge in [-0.2, -0.15) is 0 Å². The molecule has 0 spiro atoms. The summed E-state index contributed by atoms with van der Waals surface area (Å²) in [5.41, 5.74) is 0.809. The summed E-state index contributed by atoms with van der Waals surface area (Å²) in [7, 11) is 1.24. The van der Waals surface area contributed by atoms with Crippen molar-refractivity contribution in [2.75, 3.05) is 12.4 Å². The largest absolute Gasteiger partial charge is 0.469 e. The predicted octanol–water partition coefficient (Wildman–Crippen LogP) is 2.18. The van der Waals surface area contributed by atoms with E-state index in [4.69, 9.17) is 0 Å². The second kappa shape index (κ2) is 8.58. The zero-order valence-electron chi connectivity index (χ0n) is 13.5. The minimum atomic E-state index is -0.962. The fraction of sp³-hybridized carbons (Fsp3) is 0.167. The lowest BCUT2D eigenvalue weighted by molar-refractivity contribution is -0.142. The van der Waals surface area contributed by atoms with Crippen LogP contribution in [0.2, 0.25) is 0 Å². The summed E-state index contributed by atoms with van der Waals surface area (Å²) in [5, 5.41) is 4.79. The lowest BCUT2D eigenvalue weighted by Gasteiger charge is -2.18. The van der Waals surface area contributed by atoms with Crippen LogP contribution in [0.5, 0.6) is 0 Å². The Kier molecular flexibility index (Phi) is 6.22. The summed E-state index contributed by atoms with van der Waals surface area (Å²) in [6.07, 6.45) is -0.125. The molecule has 2 aromatic rings. The summed E-state index contributed by atoms with van der Waals surface area (Å²) in [6, 6.07) is 13.2. The van der Waals surface area contributed by atoms with Gasteiger partial charge in [0.1, 0.15) is 5.82 Å². The lowest BCUT2D eigenvalue weighted by atomic mass is 10.0. The zero-order valence-corrected chi connectivity index (χ0v) is 13.5. The summed E-state index contributed by atoms with van der Waals surface area (Å²) in [6.45, 7) is 0. The molecule has 0 aliphatic rings. The number of ether oxygens (including phenoxy) is 1. The van der Waals surface area contributed by atoms with E-state index in [9.17, 15) is 18.8 Å². The number of methoxy groups -OCH3 is 1. The van der Waals surface area contributed by atoms with E-state index in [0.717, 1.165) is 6.07 Å². The van der Waals surface area contributed by atoms with Gasteiger partial charge in [-0.25, -0.2) is 4.39 Å². The Morgan fingerprint density at radius 3 is 2.40 bits per heavy atom. The number of amides is 2. The van der Waals surface area contributed by atoms with Gasteiger partial charge >= 0.3 is 17.8 Å². The van der Waals surface area contributed by atoms with Crippen LogP contribution in [-0.4, -0.2) is 24.9 Å². The van der Waals surface area contributed by atoms with Gasteiger partial charge in [0.15, 0.2) is 0 Å². The summed E-state index contributed by atoms with van der Waals surface area (Å²) in [5.74, 6) is -2.97. The molecule has 0 radical (unpaired) electrons. The van der Waals surface area contributed by atoms with Crippen molar-refractivity contribution in [3.8, 4) is 0 Å². The number of esters is 1. The number of anilines is 1. The molecule has 2 N–H and O–H groups in total. The second-order valence-corrected chi connectivity index (χ2v) is 5.18. The van der Waals surface area contributed by atoms with Gasteiger partial charge in [0, 0.05) is 5.69 Å². The number of halogens is 1. The standard InChI is InChI=1S/C18H17FN2O4/c1-25-16(22)11-15(12-6-3-2-4-7-12)21-18(24)17(23)20-14-9-5-8-13(19)10-14/h2-10,15H,11H2,1H3,(H,20,23)(H,21,24)/t15-/m0/s1. The number of carbonyl (C=O) groups is 3. The van der Waals surface area contributed by atoms with E-state index in [1.165, 1.54) is 25.3 Å². The van der Waals surface area contributed by atoms with Crippen LogP contribution < -0.4 is 10.6 Å². The van der Waals surface area contributed by atoms with Crippen LogP contribution in [0.25, 0.3) is 0 Å². The normalized spacial score (nSPS) is 11.3. The highest BCUT2D eigenvalue weighted by molar-refractivity contribution is 6.39. The molecule has 0 aliphatic heterocycles. The number of rotatable bonds is 5. The molecule has 130 valence electrons. The minimum Gasteiger partial charge on any atom is -0.469 e. The molecule has 2 rings (SSSR count). The molecular weight excluding hydrogens is 327 g/mol. The Labute approximate surface area is 144 Å². The maximum atomic E-state index is 13.1. The van der Waals surface area contributed by atoms with Crippen molar-refractivity contribution < 1.29 is 23.5 Å². The van der Waals surface area contributed by atoms with Crippen LogP contribution in [0.3, 0.4) is 0 Å². The molecule has 0 saturated carbocycles. The number of hydrogen-bond donors (Lipinski definition) is 2. The van der Waals surface area contributed by atoms with E-state index in [1.807, 2.05) is 0 Å². The average Bonchev–Trinajstić information content (AvgIpc) is 2.61. The van der Waals surface area contributed by atoms with Crippen molar-refractivity contribution in [1.82, 2.24) is 5.32 Å². The summed E-state index contributed by atoms with van der Waals surface area (Å²) in [4.78, 5) is 35.7. The van der Waals surface area contributed by atoms with E-state index < -0.39 is 29.6 Å². The molecule has 0 heterocycles. The molecule has 0 unspecified atom stereocenters. The Morgan fingerprint density at radius 1 is 1.04 bits per heavy atom. The molecule has 0 bridgehead atoms. The maximum Gasteiger partial charge on any atom is 0.313 e. The molecule has 2 aromatic carbocycles. The monoisotopic (exact) mass is 344 g/mol. The van der Waals surface area contributed by atoms with Crippen LogP contribution in [0, 0.1) is 5.82 Å². The van der Waals surface area contributed by atoms with Gasteiger partial charge in [0.2, 0.25) is 0 Å². The first-order chi connectivity index (χ1) is 12.0. The number of hydrogen-bond acceptors (Lipinski definition) is 4. The van der Waals surface area contributed by atoms with Gasteiger partial charge in [0.05, 0.1) is 19.6 Å². The topological polar surface area (TPSA) is 84.5 Å². The fourth-order valence-corrected chi connectivity index (χ4v) is 2.17. The van der Waals surface area contributed by atoms with Crippen LogP contribution in [0.15, 0.2) is 54.6 Å².